The average Bonchev–Trinajstić information content (AvgIpc) is 2.72. The van der Waals surface area contributed by atoms with E-state index in [4.69, 9.17) is 0 Å². The van der Waals surface area contributed by atoms with Crippen LogP contribution in [-0.4, -0.2) is 52.2 Å². The molecule has 0 N–H and O–H groups in total. The fourth-order valence-corrected chi connectivity index (χ4v) is 3.79. The fourth-order valence-electron chi connectivity index (χ4n) is 3.79. The van der Waals surface area contributed by atoms with Crippen molar-refractivity contribution < 1.29 is 13.2 Å². The Morgan fingerprint density at radius 3 is 2.22 bits per heavy atom. The van der Waals surface area contributed by atoms with E-state index in [1.807, 2.05) is 38.7 Å². The van der Waals surface area contributed by atoms with Gasteiger partial charge in [-0.25, -0.2) is 9.97 Å². The minimum Gasteiger partial charge on any atom is -0.354 e. The molecule has 1 aliphatic rings. The van der Waals surface area contributed by atoms with E-state index in [9.17, 15) is 18.0 Å². The van der Waals surface area contributed by atoms with Crippen LogP contribution < -0.4 is 10.5 Å². The van der Waals surface area contributed by atoms with Crippen LogP contribution in [0.2, 0.25) is 0 Å². The number of anilines is 1. The SMILES string of the molecule is Cc1cccc(=O)n1CCCCN1CCN(c2cc(C(F)(F)F)nc(C(C)(C)C)n2)CC1. The Balaban J connectivity index is 1.56. The minimum atomic E-state index is -4.50. The molecule has 9 heteroatoms. The zero-order valence-electron chi connectivity index (χ0n) is 19.2. The normalized spacial score (nSPS) is 15.9. The Bertz CT molecular complexity index is 941. The van der Waals surface area contributed by atoms with Crippen molar-refractivity contribution >= 4 is 5.82 Å². The van der Waals surface area contributed by atoms with Crippen LogP contribution in [0.25, 0.3) is 0 Å². The van der Waals surface area contributed by atoms with E-state index in [0.717, 1.165) is 44.2 Å². The van der Waals surface area contributed by atoms with Crippen LogP contribution in [0.4, 0.5) is 19.0 Å². The zero-order chi connectivity index (χ0) is 23.5. The van der Waals surface area contributed by atoms with Crippen molar-refractivity contribution in [1.29, 1.82) is 0 Å². The van der Waals surface area contributed by atoms with Crippen molar-refractivity contribution in [3.05, 3.63) is 51.8 Å². The molecule has 3 rings (SSSR count). The van der Waals surface area contributed by atoms with E-state index >= 15 is 0 Å². The Hall–Kier alpha value is -2.42. The molecule has 0 bridgehead atoms. The summed E-state index contributed by atoms with van der Waals surface area (Å²) >= 11 is 0. The number of alkyl halides is 3. The molecule has 1 saturated heterocycles. The smallest absolute Gasteiger partial charge is 0.354 e. The molecule has 1 aliphatic heterocycles. The van der Waals surface area contributed by atoms with E-state index in [2.05, 4.69) is 14.9 Å². The van der Waals surface area contributed by atoms with Crippen LogP contribution in [0, 0.1) is 6.92 Å². The monoisotopic (exact) mass is 451 g/mol. The highest BCUT2D eigenvalue weighted by Crippen LogP contribution is 2.32. The van der Waals surface area contributed by atoms with E-state index in [1.54, 1.807) is 16.7 Å². The summed E-state index contributed by atoms with van der Waals surface area (Å²) in [5, 5.41) is 0. The number of nitrogens with zero attached hydrogens (tertiary/aromatic N) is 5. The van der Waals surface area contributed by atoms with Gasteiger partial charge in [-0.05, 0) is 32.4 Å². The molecule has 0 amide bonds. The summed E-state index contributed by atoms with van der Waals surface area (Å²) in [5.41, 5.74) is -0.474. The minimum absolute atomic E-state index is 0.0244. The maximum absolute atomic E-state index is 13.4. The van der Waals surface area contributed by atoms with Gasteiger partial charge in [-0.15, -0.1) is 0 Å². The number of unbranched alkanes of at least 4 members (excludes halogenated alkanes) is 1. The molecular formula is C23H32F3N5O. The Morgan fingerprint density at radius 2 is 1.62 bits per heavy atom. The molecule has 0 spiro atoms. The number of halogens is 3. The van der Waals surface area contributed by atoms with Gasteiger partial charge in [-0.2, -0.15) is 13.2 Å². The first-order valence-corrected chi connectivity index (χ1v) is 11.1. The van der Waals surface area contributed by atoms with Crippen molar-refractivity contribution in [3.8, 4) is 0 Å². The zero-order valence-corrected chi connectivity index (χ0v) is 19.2. The standard InChI is InChI=1S/C23H32F3N5O/c1-17-8-7-9-20(32)31(17)11-6-5-10-29-12-14-30(15-13-29)19-16-18(23(24,25)26)27-21(28-19)22(2,3)4/h7-9,16H,5-6,10-15H2,1-4H3. The van der Waals surface area contributed by atoms with Gasteiger partial charge < -0.3 is 9.47 Å². The first kappa shape index (κ1) is 24.2. The van der Waals surface area contributed by atoms with Crippen molar-refractivity contribution in [2.75, 3.05) is 37.6 Å². The summed E-state index contributed by atoms with van der Waals surface area (Å²) in [4.78, 5) is 24.4. The number of piperazine rings is 1. The number of aromatic nitrogens is 3. The third-order valence-electron chi connectivity index (χ3n) is 5.74. The first-order chi connectivity index (χ1) is 14.9. The molecule has 176 valence electrons. The van der Waals surface area contributed by atoms with Crippen LogP contribution in [0.5, 0.6) is 0 Å². The second kappa shape index (κ2) is 9.60. The van der Waals surface area contributed by atoms with E-state index < -0.39 is 17.3 Å². The number of aryl methyl sites for hydroxylation is 1. The molecule has 32 heavy (non-hydrogen) atoms. The molecule has 2 aromatic rings. The molecule has 0 aromatic carbocycles. The molecule has 3 heterocycles. The second-order valence-corrected chi connectivity index (χ2v) is 9.38. The van der Waals surface area contributed by atoms with Gasteiger partial charge in [0.05, 0.1) is 0 Å². The lowest BCUT2D eigenvalue weighted by atomic mass is 9.95. The summed E-state index contributed by atoms with van der Waals surface area (Å²) in [5.74, 6) is 0.548. The molecular weight excluding hydrogens is 419 g/mol. The molecule has 0 saturated carbocycles. The number of rotatable bonds is 6. The van der Waals surface area contributed by atoms with Gasteiger partial charge in [-0.3, -0.25) is 9.69 Å². The molecule has 0 atom stereocenters. The topological polar surface area (TPSA) is 54.3 Å². The molecule has 0 radical (unpaired) electrons. The predicted octanol–water partition coefficient (Wildman–Crippen LogP) is 3.87. The summed E-state index contributed by atoms with van der Waals surface area (Å²) in [6, 6.07) is 6.34. The Labute approximate surface area is 187 Å². The fraction of sp³-hybridized carbons (Fsp3) is 0.609. The van der Waals surface area contributed by atoms with Crippen molar-refractivity contribution in [2.45, 2.75) is 58.7 Å². The second-order valence-electron chi connectivity index (χ2n) is 9.38. The number of hydrogen-bond donors (Lipinski definition) is 0. The van der Waals surface area contributed by atoms with Gasteiger partial charge in [0.2, 0.25) is 0 Å². The summed E-state index contributed by atoms with van der Waals surface area (Å²) in [7, 11) is 0. The van der Waals surface area contributed by atoms with Crippen molar-refractivity contribution in [3.63, 3.8) is 0 Å². The predicted molar refractivity (Wildman–Crippen MR) is 119 cm³/mol. The highest BCUT2D eigenvalue weighted by atomic mass is 19.4. The molecule has 1 fully saturated rings. The number of hydrogen-bond acceptors (Lipinski definition) is 5. The van der Waals surface area contributed by atoms with Gasteiger partial charge in [0, 0.05) is 56.0 Å². The first-order valence-electron chi connectivity index (χ1n) is 11.1. The van der Waals surface area contributed by atoms with Crippen LogP contribution in [0.1, 0.15) is 50.8 Å². The van der Waals surface area contributed by atoms with Gasteiger partial charge in [0.25, 0.3) is 5.56 Å². The molecule has 0 unspecified atom stereocenters. The lowest BCUT2D eigenvalue weighted by Gasteiger charge is -2.36. The lowest BCUT2D eigenvalue weighted by molar-refractivity contribution is -0.141. The lowest BCUT2D eigenvalue weighted by Crippen LogP contribution is -2.47. The third-order valence-corrected chi connectivity index (χ3v) is 5.74. The molecule has 2 aromatic heterocycles. The largest absolute Gasteiger partial charge is 0.433 e. The highest BCUT2D eigenvalue weighted by Gasteiger charge is 2.35. The van der Waals surface area contributed by atoms with Gasteiger partial charge in [0.15, 0.2) is 0 Å². The van der Waals surface area contributed by atoms with E-state index in [-0.39, 0.29) is 11.4 Å². The van der Waals surface area contributed by atoms with Crippen LogP contribution in [-0.2, 0) is 18.1 Å². The Morgan fingerprint density at radius 1 is 0.969 bits per heavy atom. The summed E-state index contributed by atoms with van der Waals surface area (Å²) < 4.78 is 41.9. The maximum Gasteiger partial charge on any atom is 0.433 e. The number of pyridine rings is 1. The van der Waals surface area contributed by atoms with Crippen LogP contribution in [0.3, 0.4) is 0 Å². The van der Waals surface area contributed by atoms with Gasteiger partial charge in [-0.1, -0.05) is 26.8 Å². The van der Waals surface area contributed by atoms with E-state index in [0.29, 0.717) is 25.5 Å². The Kier molecular flexibility index (Phi) is 7.27. The van der Waals surface area contributed by atoms with Gasteiger partial charge in [0.1, 0.15) is 17.3 Å². The average molecular weight is 452 g/mol. The quantitative estimate of drug-likeness (QED) is 0.625. The maximum atomic E-state index is 13.4. The van der Waals surface area contributed by atoms with Crippen LogP contribution in [0.15, 0.2) is 29.1 Å². The summed E-state index contributed by atoms with van der Waals surface area (Å²) in [6.07, 6.45) is -2.64. The highest BCUT2D eigenvalue weighted by molar-refractivity contribution is 5.42. The molecule has 0 aliphatic carbocycles. The third kappa shape index (κ3) is 6.09. The van der Waals surface area contributed by atoms with Crippen molar-refractivity contribution in [2.24, 2.45) is 0 Å². The van der Waals surface area contributed by atoms with E-state index in [1.165, 1.54) is 0 Å². The van der Waals surface area contributed by atoms with Crippen molar-refractivity contribution in [1.82, 2.24) is 19.4 Å². The summed E-state index contributed by atoms with van der Waals surface area (Å²) in [6.45, 7) is 11.7. The van der Waals surface area contributed by atoms with Gasteiger partial charge >= 0.3 is 6.18 Å². The van der Waals surface area contributed by atoms with Crippen LogP contribution >= 0.6 is 0 Å². The molecule has 6 nitrogen and oxygen atoms in total.